The van der Waals surface area contributed by atoms with Gasteiger partial charge in [-0.15, -0.1) is 0 Å². The van der Waals surface area contributed by atoms with Crippen LogP contribution in [0.15, 0.2) is 30.7 Å². The molecular weight excluding hydrogens is 176 g/mol. The maximum atomic E-state index is 4.18. The molecule has 4 heteroatoms. The first-order chi connectivity index (χ1) is 6.77. The number of aromatic nitrogens is 3. The standard InChI is InChI=1S/C10H14N4/c1-9-7-11-13(2)10(9)8-12-14-5-3-4-6-14/h3-7,12H,8H2,1-2H3. The Bertz CT molecular complexity index is 380. The van der Waals surface area contributed by atoms with Gasteiger partial charge < -0.3 is 5.43 Å². The van der Waals surface area contributed by atoms with Crippen LogP contribution in [0.3, 0.4) is 0 Å². The molecule has 0 saturated heterocycles. The minimum Gasteiger partial charge on any atom is -0.320 e. The van der Waals surface area contributed by atoms with Gasteiger partial charge in [0.1, 0.15) is 0 Å². The van der Waals surface area contributed by atoms with E-state index in [1.54, 1.807) is 0 Å². The van der Waals surface area contributed by atoms with Crippen molar-refractivity contribution in [1.82, 2.24) is 14.5 Å². The lowest BCUT2D eigenvalue weighted by atomic mass is 10.3. The molecule has 1 N–H and O–H groups in total. The molecule has 0 saturated carbocycles. The van der Waals surface area contributed by atoms with Crippen LogP contribution in [-0.2, 0) is 13.6 Å². The number of nitrogens with one attached hydrogen (secondary N) is 1. The highest BCUT2D eigenvalue weighted by Crippen LogP contribution is 2.05. The fourth-order valence-electron chi connectivity index (χ4n) is 1.43. The normalized spacial score (nSPS) is 10.4. The summed E-state index contributed by atoms with van der Waals surface area (Å²) in [6, 6.07) is 3.98. The molecule has 0 spiro atoms. The number of rotatable bonds is 3. The van der Waals surface area contributed by atoms with Crippen LogP contribution in [0.2, 0.25) is 0 Å². The third kappa shape index (κ3) is 1.64. The van der Waals surface area contributed by atoms with Crippen LogP contribution in [0.4, 0.5) is 0 Å². The Kier molecular flexibility index (Phi) is 2.26. The zero-order valence-electron chi connectivity index (χ0n) is 8.44. The zero-order valence-corrected chi connectivity index (χ0v) is 8.44. The van der Waals surface area contributed by atoms with E-state index in [2.05, 4.69) is 17.4 Å². The smallest absolute Gasteiger partial charge is 0.0735 e. The molecule has 2 rings (SSSR count). The van der Waals surface area contributed by atoms with E-state index in [0.29, 0.717) is 0 Å². The van der Waals surface area contributed by atoms with Crippen LogP contribution in [0.1, 0.15) is 11.3 Å². The molecule has 0 fully saturated rings. The Balaban J connectivity index is 2.05. The van der Waals surface area contributed by atoms with Gasteiger partial charge in [-0.2, -0.15) is 5.10 Å². The van der Waals surface area contributed by atoms with E-state index in [9.17, 15) is 0 Å². The maximum Gasteiger partial charge on any atom is 0.0735 e. The lowest BCUT2D eigenvalue weighted by molar-refractivity contribution is 0.696. The summed E-state index contributed by atoms with van der Waals surface area (Å²) >= 11 is 0. The second-order valence-electron chi connectivity index (χ2n) is 3.32. The van der Waals surface area contributed by atoms with E-state index in [0.717, 1.165) is 6.54 Å². The van der Waals surface area contributed by atoms with Crippen molar-refractivity contribution in [3.63, 3.8) is 0 Å². The lowest BCUT2D eigenvalue weighted by Crippen LogP contribution is -2.15. The number of nitrogens with zero attached hydrogens (tertiary/aromatic N) is 3. The molecule has 0 radical (unpaired) electrons. The number of hydrogen-bond acceptors (Lipinski definition) is 2. The predicted octanol–water partition coefficient (Wildman–Crippen LogP) is 1.27. The summed E-state index contributed by atoms with van der Waals surface area (Å²) in [6.45, 7) is 2.86. The SMILES string of the molecule is Cc1cnn(C)c1CNn1cccc1. The molecule has 0 aromatic carbocycles. The average molecular weight is 190 g/mol. The van der Waals surface area contributed by atoms with Crippen LogP contribution in [0, 0.1) is 6.92 Å². The molecule has 74 valence electrons. The second kappa shape index (κ2) is 3.57. The Morgan fingerprint density at radius 3 is 2.64 bits per heavy atom. The second-order valence-corrected chi connectivity index (χ2v) is 3.32. The highest BCUT2D eigenvalue weighted by Gasteiger charge is 2.02. The Morgan fingerprint density at radius 1 is 1.36 bits per heavy atom. The third-order valence-corrected chi connectivity index (χ3v) is 2.30. The van der Waals surface area contributed by atoms with Crippen LogP contribution >= 0.6 is 0 Å². The van der Waals surface area contributed by atoms with Gasteiger partial charge in [0.05, 0.1) is 18.4 Å². The van der Waals surface area contributed by atoms with E-state index < -0.39 is 0 Å². The van der Waals surface area contributed by atoms with Crippen LogP contribution < -0.4 is 5.43 Å². The van der Waals surface area contributed by atoms with Crippen molar-refractivity contribution in [1.29, 1.82) is 0 Å². The predicted molar refractivity (Wildman–Crippen MR) is 55.4 cm³/mol. The highest BCUT2D eigenvalue weighted by molar-refractivity contribution is 5.16. The van der Waals surface area contributed by atoms with Gasteiger partial charge in [0.2, 0.25) is 0 Å². The van der Waals surface area contributed by atoms with Crippen molar-refractivity contribution < 1.29 is 0 Å². The van der Waals surface area contributed by atoms with Crippen molar-refractivity contribution >= 4 is 0 Å². The minimum atomic E-state index is 0.789. The van der Waals surface area contributed by atoms with Gasteiger partial charge in [-0.3, -0.25) is 9.36 Å². The van der Waals surface area contributed by atoms with E-state index in [1.165, 1.54) is 11.3 Å². The number of hydrogen-bond donors (Lipinski definition) is 1. The third-order valence-electron chi connectivity index (χ3n) is 2.30. The van der Waals surface area contributed by atoms with Crippen molar-refractivity contribution in [3.8, 4) is 0 Å². The first-order valence-corrected chi connectivity index (χ1v) is 4.61. The molecule has 0 amide bonds. The van der Waals surface area contributed by atoms with E-state index >= 15 is 0 Å². The van der Waals surface area contributed by atoms with Crippen molar-refractivity contribution in [3.05, 3.63) is 42.0 Å². The van der Waals surface area contributed by atoms with Gasteiger partial charge in [-0.25, -0.2) is 0 Å². The lowest BCUT2D eigenvalue weighted by Gasteiger charge is -2.08. The fraction of sp³-hybridized carbons (Fsp3) is 0.300. The minimum absolute atomic E-state index is 0.789. The van der Waals surface area contributed by atoms with Gasteiger partial charge in [-0.1, -0.05) is 0 Å². The summed E-state index contributed by atoms with van der Waals surface area (Å²) in [5, 5.41) is 4.18. The Labute approximate surface area is 83.1 Å². The molecule has 2 aromatic heterocycles. The van der Waals surface area contributed by atoms with Gasteiger partial charge in [0.15, 0.2) is 0 Å². The Morgan fingerprint density at radius 2 is 2.07 bits per heavy atom. The number of aryl methyl sites for hydroxylation is 2. The first kappa shape index (κ1) is 8.87. The van der Waals surface area contributed by atoms with Crippen molar-refractivity contribution in [2.24, 2.45) is 7.05 Å². The molecule has 0 bridgehead atoms. The average Bonchev–Trinajstić information content (AvgIpc) is 2.76. The van der Waals surface area contributed by atoms with Gasteiger partial charge in [0, 0.05) is 19.4 Å². The molecule has 0 atom stereocenters. The van der Waals surface area contributed by atoms with Crippen LogP contribution in [0.5, 0.6) is 0 Å². The van der Waals surface area contributed by atoms with Gasteiger partial charge in [0.25, 0.3) is 0 Å². The van der Waals surface area contributed by atoms with Gasteiger partial charge in [-0.05, 0) is 24.6 Å². The van der Waals surface area contributed by atoms with E-state index in [-0.39, 0.29) is 0 Å². The summed E-state index contributed by atoms with van der Waals surface area (Å²) in [5.74, 6) is 0. The first-order valence-electron chi connectivity index (χ1n) is 4.61. The molecule has 2 aromatic rings. The summed E-state index contributed by atoms with van der Waals surface area (Å²) in [4.78, 5) is 0. The van der Waals surface area contributed by atoms with Gasteiger partial charge >= 0.3 is 0 Å². The molecule has 0 aliphatic heterocycles. The molecule has 4 nitrogen and oxygen atoms in total. The van der Waals surface area contributed by atoms with Crippen molar-refractivity contribution in [2.75, 3.05) is 5.43 Å². The fourth-order valence-corrected chi connectivity index (χ4v) is 1.43. The summed E-state index contributed by atoms with van der Waals surface area (Å²) < 4.78 is 3.83. The molecule has 14 heavy (non-hydrogen) atoms. The zero-order chi connectivity index (χ0) is 9.97. The largest absolute Gasteiger partial charge is 0.320 e. The Hall–Kier alpha value is -1.71. The molecule has 0 aliphatic rings. The molecule has 2 heterocycles. The monoisotopic (exact) mass is 190 g/mol. The maximum absolute atomic E-state index is 4.18. The molecular formula is C10H14N4. The summed E-state index contributed by atoms with van der Waals surface area (Å²) in [5.41, 5.74) is 5.69. The summed E-state index contributed by atoms with van der Waals surface area (Å²) in [7, 11) is 1.96. The van der Waals surface area contributed by atoms with E-state index in [4.69, 9.17) is 0 Å². The van der Waals surface area contributed by atoms with E-state index in [1.807, 2.05) is 47.1 Å². The molecule has 0 unspecified atom stereocenters. The van der Waals surface area contributed by atoms with Crippen molar-refractivity contribution in [2.45, 2.75) is 13.5 Å². The van der Waals surface area contributed by atoms with Crippen LogP contribution in [0.25, 0.3) is 0 Å². The quantitative estimate of drug-likeness (QED) is 0.791. The summed E-state index contributed by atoms with van der Waals surface area (Å²) in [6.07, 6.45) is 5.84. The molecule has 0 aliphatic carbocycles. The highest BCUT2D eigenvalue weighted by atomic mass is 15.4. The van der Waals surface area contributed by atoms with Crippen LogP contribution in [-0.4, -0.2) is 14.5 Å². The topological polar surface area (TPSA) is 34.8 Å².